The number of nitrogens with zero attached hydrogens (tertiary/aromatic N) is 4. The Labute approximate surface area is 117 Å². The number of aromatic nitrogens is 3. The highest BCUT2D eigenvalue weighted by Crippen LogP contribution is 2.26. The first-order valence-corrected chi connectivity index (χ1v) is 7.94. The molecule has 20 heavy (non-hydrogen) atoms. The summed E-state index contributed by atoms with van der Waals surface area (Å²) in [5, 5.41) is 3.08. The number of rotatable bonds is 4. The summed E-state index contributed by atoms with van der Waals surface area (Å²) in [7, 11) is 0.585. The third kappa shape index (κ3) is 3.25. The van der Waals surface area contributed by atoms with E-state index in [1.165, 1.54) is 0 Å². The SMILES string of the molecule is CN(C)c1nc(NN)nc(NC2(C)CCS(=O)(=O)C2)n1. The third-order valence-corrected chi connectivity index (χ3v) is 4.97. The number of hydrogen-bond donors (Lipinski definition) is 3. The lowest BCUT2D eigenvalue weighted by atomic mass is 10.0. The van der Waals surface area contributed by atoms with Crippen LogP contribution in [0.2, 0.25) is 0 Å². The Bertz CT molecular complexity index is 604. The predicted octanol–water partition coefficient (Wildman–Crippen LogP) is -0.788. The Balaban J connectivity index is 2.27. The van der Waals surface area contributed by atoms with Gasteiger partial charge in [-0.25, -0.2) is 14.3 Å². The van der Waals surface area contributed by atoms with Gasteiger partial charge in [0, 0.05) is 14.1 Å². The van der Waals surface area contributed by atoms with E-state index in [0.717, 1.165) is 0 Å². The molecule has 0 saturated carbocycles. The summed E-state index contributed by atoms with van der Waals surface area (Å²) < 4.78 is 23.2. The van der Waals surface area contributed by atoms with Crippen LogP contribution in [0.1, 0.15) is 13.3 Å². The number of sulfone groups is 1. The van der Waals surface area contributed by atoms with Crippen molar-refractivity contribution < 1.29 is 8.42 Å². The molecular weight excluding hydrogens is 282 g/mol. The van der Waals surface area contributed by atoms with Crippen molar-refractivity contribution in [3.8, 4) is 0 Å². The molecule has 0 radical (unpaired) electrons. The zero-order valence-electron chi connectivity index (χ0n) is 11.7. The van der Waals surface area contributed by atoms with Crippen LogP contribution in [-0.2, 0) is 9.84 Å². The maximum Gasteiger partial charge on any atom is 0.243 e. The molecule has 1 aromatic heterocycles. The largest absolute Gasteiger partial charge is 0.348 e. The van der Waals surface area contributed by atoms with Gasteiger partial charge in [-0.2, -0.15) is 15.0 Å². The predicted molar refractivity (Wildman–Crippen MR) is 77.3 cm³/mol. The van der Waals surface area contributed by atoms with E-state index < -0.39 is 15.4 Å². The zero-order chi connectivity index (χ0) is 15.0. The highest BCUT2D eigenvalue weighted by molar-refractivity contribution is 7.91. The van der Waals surface area contributed by atoms with E-state index in [4.69, 9.17) is 5.84 Å². The summed E-state index contributed by atoms with van der Waals surface area (Å²) in [6.07, 6.45) is 0.518. The second-order valence-corrected chi connectivity index (χ2v) is 7.53. The van der Waals surface area contributed by atoms with Gasteiger partial charge >= 0.3 is 0 Å². The lowest BCUT2D eigenvalue weighted by Gasteiger charge is -2.24. The summed E-state index contributed by atoms with van der Waals surface area (Å²) in [5.41, 5.74) is 1.80. The van der Waals surface area contributed by atoms with E-state index in [1.807, 2.05) is 6.92 Å². The molecule has 1 aliphatic heterocycles. The van der Waals surface area contributed by atoms with Crippen molar-refractivity contribution in [3.63, 3.8) is 0 Å². The van der Waals surface area contributed by atoms with Gasteiger partial charge in [0.05, 0.1) is 17.0 Å². The van der Waals surface area contributed by atoms with E-state index in [0.29, 0.717) is 18.3 Å². The third-order valence-electron chi connectivity index (χ3n) is 3.07. The molecule has 112 valence electrons. The van der Waals surface area contributed by atoms with Crippen LogP contribution >= 0.6 is 0 Å². The van der Waals surface area contributed by atoms with E-state index in [-0.39, 0.29) is 17.5 Å². The lowest BCUT2D eigenvalue weighted by Crippen LogP contribution is -2.37. The fraction of sp³-hybridized carbons (Fsp3) is 0.700. The van der Waals surface area contributed by atoms with Gasteiger partial charge in [-0.1, -0.05) is 0 Å². The Morgan fingerprint density at radius 2 is 1.90 bits per heavy atom. The number of hydrogen-bond acceptors (Lipinski definition) is 9. The lowest BCUT2D eigenvalue weighted by molar-refractivity contribution is 0.569. The van der Waals surface area contributed by atoms with Gasteiger partial charge in [-0.3, -0.25) is 5.43 Å². The van der Waals surface area contributed by atoms with Crippen LogP contribution in [0.25, 0.3) is 0 Å². The van der Waals surface area contributed by atoms with Crippen LogP contribution in [0.4, 0.5) is 17.8 Å². The van der Waals surface area contributed by atoms with Crippen molar-refractivity contribution in [2.45, 2.75) is 18.9 Å². The summed E-state index contributed by atoms with van der Waals surface area (Å²) in [6.45, 7) is 1.84. The molecule has 1 aliphatic rings. The maximum atomic E-state index is 11.6. The Kier molecular flexibility index (Phi) is 3.69. The molecule has 0 bridgehead atoms. The van der Waals surface area contributed by atoms with Crippen molar-refractivity contribution in [2.75, 3.05) is 41.2 Å². The Hall–Kier alpha value is -1.68. The fourth-order valence-electron chi connectivity index (χ4n) is 2.06. The molecule has 4 N–H and O–H groups in total. The van der Waals surface area contributed by atoms with Crippen LogP contribution in [0, 0.1) is 0 Å². The van der Waals surface area contributed by atoms with Gasteiger partial charge in [0.25, 0.3) is 0 Å². The van der Waals surface area contributed by atoms with E-state index in [1.54, 1.807) is 19.0 Å². The molecule has 10 heteroatoms. The molecule has 1 fully saturated rings. The highest BCUT2D eigenvalue weighted by atomic mass is 32.2. The average molecular weight is 301 g/mol. The normalized spacial score (nSPS) is 24.4. The molecular formula is C10H19N7O2S. The average Bonchev–Trinajstić information content (AvgIpc) is 2.62. The summed E-state index contributed by atoms with van der Waals surface area (Å²) in [5.74, 6) is 6.51. The topological polar surface area (TPSA) is 126 Å². The first-order valence-electron chi connectivity index (χ1n) is 6.12. The second kappa shape index (κ2) is 5.02. The van der Waals surface area contributed by atoms with E-state index >= 15 is 0 Å². The molecule has 1 unspecified atom stereocenters. The molecule has 2 heterocycles. The molecule has 1 aromatic rings. The smallest absolute Gasteiger partial charge is 0.243 e. The maximum absolute atomic E-state index is 11.6. The Morgan fingerprint density at radius 3 is 2.40 bits per heavy atom. The number of hydrazine groups is 1. The number of nitrogens with two attached hydrogens (primary N) is 1. The molecule has 2 rings (SSSR count). The quantitative estimate of drug-likeness (QED) is 0.484. The molecule has 0 amide bonds. The van der Waals surface area contributed by atoms with Gasteiger partial charge in [0.15, 0.2) is 9.84 Å². The molecule has 0 aromatic carbocycles. The molecule has 9 nitrogen and oxygen atoms in total. The standard InChI is InChI=1S/C10H19N7O2S/c1-10(4-5-20(18,19)6-10)15-7-12-8(16-11)14-9(13-7)17(2)3/h4-6,11H2,1-3H3,(H2,12,13,14,15,16). The molecule has 1 saturated heterocycles. The molecule has 0 spiro atoms. The monoisotopic (exact) mass is 301 g/mol. The highest BCUT2D eigenvalue weighted by Gasteiger charge is 2.39. The van der Waals surface area contributed by atoms with Gasteiger partial charge in [-0.05, 0) is 13.3 Å². The summed E-state index contributed by atoms with van der Waals surface area (Å²) >= 11 is 0. The van der Waals surface area contributed by atoms with E-state index in [9.17, 15) is 8.42 Å². The molecule has 0 aliphatic carbocycles. The fourth-order valence-corrected chi connectivity index (χ4v) is 4.16. The summed E-state index contributed by atoms with van der Waals surface area (Å²) in [4.78, 5) is 14.1. The van der Waals surface area contributed by atoms with Crippen LogP contribution in [0.3, 0.4) is 0 Å². The number of nitrogen functional groups attached to an aromatic ring is 1. The van der Waals surface area contributed by atoms with Gasteiger partial charge < -0.3 is 10.2 Å². The second-order valence-electron chi connectivity index (χ2n) is 5.35. The van der Waals surface area contributed by atoms with Crippen molar-refractivity contribution in [2.24, 2.45) is 5.84 Å². The molecule has 1 atom stereocenters. The Morgan fingerprint density at radius 1 is 1.25 bits per heavy atom. The summed E-state index contributed by atoms with van der Waals surface area (Å²) in [6, 6.07) is 0. The minimum Gasteiger partial charge on any atom is -0.348 e. The number of nitrogens with one attached hydrogen (secondary N) is 2. The van der Waals surface area contributed by atoms with Crippen molar-refractivity contribution in [1.82, 2.24) is 15.0 Å². The van der Waals surface area contributed by atoms with Gasteiger partial charge in [-0.15, -0.1) is 0 Å². The van der Waals surface area contributed by atoms with Crippen molar-refractivity contribution in [3.05, 3.63) is 0 Å². The van der Waals surface area contributed by atoms with E-state index in [2.05, 4.69) is 25.7 Å². The van der Waals surface area contributed by atoms with Crippen LogP contribution < -0.4 is 21.5 Å². The van der Waals surface area contributed by atoms with Gasteiger partial charge in [0.2, 0.25) is 17.8 Å². The minimum atomic E-state index is -3.00. The van der Waals surface area contributed by atoms with Crippen LogP contribution in [0.5, 0.6) is 0 Å². The minimum absolute atomic E-state index is 0.0639. The van der Waals surface area contributed by atoms with Gasteiger partial charge in [0.1, 0.15) is 0 Å². The van der Waals surface area contributed by atoms with Crippen molar-refractivity contribution >= 4 is 27.7 Å². The van der Waals surface area contributed by atoms with Crippen LogP contribution in [0.15, 0.2) is 0 Å². The van der Waals surface area contributed by atoms with Crippen molar-refractivity contribution in [1.29, 1.82) is 0 Å². The first-order chi connectivity index (χ1) is 9.23. The van der Waals surface area contributed by atoms with Crippen LogP contribution in [-0.4, -0.2) is 54.5 Å². The zero-order valence-corrected chi connectivity index (χ0v) is 12.5. The first kappa shape index (κ1) is 14.7. The number of anilines is 3.